The fraction of sp³-hybridized carbons (Fsp3) is 0.455. The lowest BCUT2D eigenvalue weighted by Crippen LogP contribution is -2.28. The average Bonchev–Trinajstić information content (AvgIpc) is 3.15. The molecule has 1 heterocycles. The monoisotopic (exact) mass is 373 g/mol. The molecule has 0 aromatic heterocycles. The zero-order valence-corrected chi connectivity index (χ0v) is 15.4. The smallest absolute Gasteiger partial charge is 0.167 e. The highest BCUT2D eigenvalue weighted by Crippen LogP contribution is 2.40. The van der Waals surface area contributed by atoms with Crippen LogP contribution >= 0.6 is 0 Å². The van der Waals surface area contributed by atoms with E-state index >= 15 is 0 Å². The molecule has 27 heavy (non-hydrogen) atoms. The zero-order chi connectivity index (χ0) is 19.0. The minimum Gasteiger partial charge on any atom is -0.508 e. The number of likely N-dealkylation sites (tertiary alicyclic amines) is 1. The molecule has 1 saturated carbocycles. The molecule has 1 N–H and O–H groups in total. The normalized spacial score (nSPS) is 26.1. The average molecular weight is 373 g/mol. The van der Waals surface area contributed by atoms with Gasteiger partial charge in [-0.25, -0.2) is 8.78 Å². The van der Waals surface area contributed by atoms with Gasteiger partial charge in [-0.2, -0.15) is 0 Å². The summed E-state index contributed by atoms with van der Waals surface area (Å²) in [7, 11) is 0. The van der Waals surface area contributed by atoms with Crippen LogP contribution < -0.4 is 4.74 Å². The summed E-state index contributed by atoms with van der Waals surface area (Å²) in [4.78, 5) is 2.50. The maximum Gasteiger partial charge on any atom is 0.167 e. The van der Waals surface area contributed by atoms with Gasteiger partial charge in [0.15, 0.2) is 11.6 Å². The molecule has 1 aliphatic carbocycles. The number of hydrogen-bond acceptors (Lipinski definition) is 3. The third-order valence-electron chi connectivity index (χ3n) is 5.97. The Morgan fingerprint density at radius 1 is 1.07 bits per heavy atom. The van der Waals surface area contributed by atoms with E-state index in [1.54, 1.807) is 12.1 Å². The molecule has 0 radical (unpaired) electrons. The van der Waals surface area contributed by atoms with Crippen molar-refractivity contribution in [1.82, 2.24) is 4.90 Å². The summed E-state index contributed by atoms with van der Waals surface area (Å²) in [5, 5.41) is 9.43. The number of fused-ring (bicyclic) bond motifs is 1. The van der Waals surface area contributed by atoms with Gasteiger partial charge in [0.1, 0.15) is 11.6 Å². The van der Waals surface area contributed by atoms with Crippen molar-refractivity contribution in [3.05, 3.63) is 59.7 Å². The number of halogens is 2. The van der Waals surface area contributed by atoms with Crippen LogP contribution in [0.1, 0.15) is 31.2 Å². The number of rotatable bonds is 5. The van der Waals surface area contributed by atoms with Gasteiger partial charge in [0.05, 0.1) is 6.10 Å². The summed E-state index contributed by atoms with van der Waals surface area (Å²) in [5.41, 5.74) is 1.23. The Hall–Kier alpha value is -2.14. The van der Waals surface area contributed by atoms with Crippen LogP contribution in [0.5, 0.6) is 11.5 Å². The van der Waals surface area contributed by atoms with Gasteiger partial charge in [-0.1, -0.05) is 19.1 Å². The van der Waals surface area contributed by atoms with Gasteiger partial charge in [-0.3, -0.25) is 0 Å². The van der Waals surface area contributed by atoms with Crippen molar-refractivity contribution in [3.8, 4) is 11.5 Å². The molecule has 4 rings (SSSR count). The third-order valence-corrected chi connectivity index (χ3v) is 5.97. The molecule has 2 aromatic carbocycles. The first kappa shape index (κ1) is 18.2. The minimum atomic E-state index is -0.628. The van der Waals surface area contributed by atoms with Crippen molar-refractivity contribution in [2.75, 3.05) is 19.6 Å². The van der Waals surface area contributed by atoms with E-state index in [2.05, 4.69) is 11.8 Å². The highest BCUT2D eigenvalue weighted by molar-refractivity contribution is 5.28. The van der Waals surface area contributed by atoms with Crippen LogP contribution in [0.25, 0.3) is 0 Å². The van der Waals surface area contributed by atoms with Crippen LogP contribution in [0.2, 0.25) is 0 Å². The van der Waals surface area contributed by atoms with Crippen LogP contribution in [-0.2, 0) is 0 Å². The fourth-order valence-electron chi connectivity index (χ4n) is 4.63. The van der Waals surface area contributed by atoms with E-state index < -0.39 is 11.6 Å². The third kappa shape index (κ3) is 4.08. The van der Waals surface area contributed by atoms with Crippen LogP contribution in [0.4, 0.5) is 8.78 Å². The van der Waals surface area contributed by atoms with Gasteiger partial charge in [0, 0.05) is 25.7 Å². The Bertz CT molecular complexity index is 781. The molecular weight excluding hydrogens is 348 g/mol. The van der Waals surface area contributed by atoms with Crippen molar-refractivity contribution in [2.24, 2.45) is 11.8 Å². The topological polar surface area (TPSA) is 32.7 Å². The van der Waals surface area contributed by atoms with Crippen molar-refractivity contribution < 1.29 is 18.6 Å². The Morgan fingerprint density at radius 2 is 1.74 bits per heavy atom. The van der Waals surface area contributed by atoms with E-state index in [4.69, 9.17) is 4.74 Å². The Morgan fingerprint density at radius 3 is 2.37 bits per heavy atom. The lowest BCUT2D eigenvalue weighted by molar-refractivity contribution is 0.177. The molecule has 144 valence electrons. The summed E-state index contributed by atoms with van der Waals surface area (Å²) in [6, 6.07) is 10.9. The van der Waals surface area contributed by atoms with E-state index in [0.29, 0.717) is 23.5 Å². The summed E-state index contributed by atoms with van der Waals surface area (Å²) in [6.07, 6.45) is 1.86. The van der Waals surface area contributed by atoms with E-state index in [-0.39, 0.29) is 11.9 Å². The Labute approximate surface area is 158 Å². The lowest BCUT2D eigenvalue weighted by atomic mass is 10.0. The molecule has 0 spiro atoms. The summed E-state index contributed by atoms with van der Waals surface area (Å²) in [6.45, 7) is 5.29. The second-order valence-electron chi connectivity index (χ2n) is 8.02. The van der Waals surface area contributed by atoms with Gasteiger partial charge >= 0.3 is 0 Å². The number of hydrogen-bond donors (Lipinski definition) is 1. The van der Waals surface area contributed by atoms with E-state index in [9.17, 15) is 13.9 Å². The summed E-state index contributed by atoms with van der Waals surface area (Å²) < 4.78 is 32.6. The van der Waals surface area contributed by atoms with E-state index in [1.807, 2.05) is 12.1 Å². The molecule has 1 aliphatic heterocycles. The van der Waals surface area contributed by atoms with Crippen LogP contribution in [0.3, 0.4) is 0 Å². The van der Waals surface area contributed by atoms with Gasteiger partial charge in [0.25, 0.3) is 0 Å². The number of benzene rings is 2. The molecular formula is C22H25F2NO2. The lowest BCUT2D eigenvalue weighted by Gasteiger charge is -2.23. The first-order chi connectivity index (χ1) is 13.0. The van der Waals surface area contributed by atoms with Crippen molar-refractivity contribution in [2.45, 2.75) is 31.8 Å². The number of aromatic hydroxyl groups is 1. The van der Waals surface area contributed by atoms with Gasteiger partial charge in [-0.15, -0.1) is 0 Å². The number of nitrogens with zero attached hydrogens (tertiary/aromatic N) is 1. The molecule has 3 nitrogen and oxygen atoms in total. The molecule has 2 fully saturated rings. The molecule has 4 atom stereocenters. The molecule has 0 bridgehead atoms. The van der Waals surface area contributed by atoms with Crippen LogP contribution in [0.15, 0.2) is 42.5 Å². The van der Waals surface area contributed by atoms with E-state index in [1.165, 1.54) is 17.7 Å². The number of ether oxygens (including phenoxy) is 1. The summed E-state index contributed by atoms with van der Waals surface area (Å²) >= 11 is 0. The quantitative estimate of drug-likeness (QED) is 0.834. The van der Waals surface area contributed by atoms with Crippen LogP contribution in [0, 0.1) is 23.5 Å². The molecule has 2 aromatic rings. The highest BCUT2D eigenvalue weighted by atomic mass is 19.1. The Balaban J connectivity index is 1.29. The first-order valence-corrected chi connectivity index (χ1v) is 9.61. The maximum atomic E-state index is 13.8. The molecule has 1 saturated heterocycles. The van der Waals surface area contributed by atoms with Gasteiger partial charge < -0.3 is 14.7 Å². The minimum absolute atomic E-state index is 0.0108. The second-order valence-corrected chi connectivity index (χ2v) is 8.02. The predicted molar refractivity (Wildman–Crippen MR) is 99.9 cm³/mol. The SMILES string of the molecule is CC(CN1C[C@H]2CC(Oc3ccc(F)cc3F)C[C@H]2C1)c1ccc(O)cc1. The maximum absolute atomic E-state index is 13.8. The molecule has 0 amide bonds. The molecule has 5 heteroatoms. The second kappa shape index (κ2) is 7.47. The van der Waals surface area contributed by atoms with Crippen LogP contribution in [-0.4, -0.2) is 35.7 Å². The predicted octanol–water partition coefficient (Wildman–Crippen LogP) is 4.56. The largest absolute Gasteiger partial charge is 0.508 e. The van der Waals surface area contributed by atoms with Crippen molar-refractivity contribution in [3.63, 3.8) is 0 Å². The highest BCUT2D eigenvalue weighted by Gasteiger charge is 2.42. The Kier molecular flexibility index (Phi) is 5.04. The number of phenolic OH excluding ortho intramolecular Hbond substituents is 1. The first-order valence-electron chi connectivity index (χ1n) is 9.61. The van der Waals surface area contributed by atoms with Crippen molar-refractivity contribution >= 4 is 0 Å². The molecule has 2 aliphatic rings. The summed E-state index contributed by atoms with van der Waals surface area (Å²) in [5.74, 6) is 0.795. The standard InChI is InChI=1S/C22H25F2NO2/c1-14(15-2-5-19(26)6-3-15)11-25-12-16-8-20(9-17(16)13-25)27-22-7-4-18(23)10-21(22)24/h2-7,10,14,16-17,20,26H,8-9,11-13H2,1H3/t14?,16-,17+,20?. The fourth-order valence-corrected chi connectivity index (χ4v) is 4.63. The number of phenols is 1. The zero-order valence-electron chi connectivity index (χ0n) is 15.4. The van der Waals surface area contributed by atoms with E-state index in [0.717, 1.165) is 38.5 Å². The van der Waals surface area contributed by atoms with Gasteiger partial charge in [-0.05, 0) is 60.4 Å². The van der Waals surface area contributed by atoms with Crippen molar-refractivity contribution in [1.29, 1.82) is 0 Å². The van der Waals surface area contributed by atoms with Gasteiger partial charge in [0.2, 0.25) is 0 Å². The molecule has 2 unspecified atom stereocenters.